The van der Waals surface area contributed by atoms with Crippen LogP contribution in [0.25, 0.3) is 0 Å². The first-order valence-electron chi connectivity index (χ1n) is 11.4. The van der Waals surface area contributed by atoms with Gasteiger partial charge in [0, 0.05) is 57.1 Å². The van der Waals surface area contributed by atoms with Crippen LogP contribution in [0.15, 0.2) is 18.2 Å². The summed E-state index contributed by atoms with van der Waals surface area (Å²) in [4.78, 5) is 16.7. The molecular weight excluding hydrogens is 506 g/mol. The number of hydrogen-bond acceptors (Lipinski definition) is 5. The number of ether oxygens (including phenoxy) is 2. The van der Waals surface area contributed by atoms with E-state index in [9.17, 15) is 39.9 Å². The van der Waals surface area contributed by atoms with Gasteiger partial charge in [0.25, 0.3) is 12.5 Å². The second-order valence-electron chi connectivity index (χ2n) is 9.25. The Hall–Kier alpha value is -2.35. The first-order chi connectivity index (χ1) is 16.8. The van der Waals surface area contributed by atoms with Crippen LogP contribution >= 0.6 is 0 Å². The molecule has 0 bridgehead atoms. The molecule has 3 aliphatic heterocycles. The first kappa shape index (κ1) is 26.7. The molecule has 6 nitrogen and oxygen atoms in total. The highest BCUT2D eigenvalue weighted by molar-refractivity contribution is 5.68. The van der Waals surface area contributed by atoms with Gasteiger partial charge in [0.15, 0.2) is 0 Å². The molecule has 202 valence electrons. The first-order valence-corrected chi connectivity index (χ1v) is 11.4. The van der Waals surface area contributed by atoms with Gasteiger partial charge in [-0.05, 0) is 29.5 Å². The third-order valence-corrected chi connectivity index (χ3v) is 6.77. The molecule has 4 rings (SSSR count). The standard InChI is InChI=1S/C22H25F8N3O3/c23-18(24)17-7-16(32-3-5-35-6-4-32)2-1-13(17)8-31-9-14-11-33(12-15(14)10-31)20(34)36-19(21(25,26)27)22(28,29)30/h1-2,7,14-15,18-19H,3-6,8-12H2. The summed E-state index contributed by atoms with van der Waals surface area (Å²) in [6.45, 7) is 3.03. The van der Waals surface area contributed by atoms with E-state index < -0.39 is 31.0 Å². The maximum absolute atomic E-state index is 13.8. The molecule has 3 aliphatic rings. The minimum Gasteiger partial charge on any atom is -0.426 e. The summed E-state index contributed by atoms with van der Waals surface area (Å²) >= 11 is 0. The molecule has 0 saturated carbocycles. The van der Waals surface area contributed by atoms with Gasteiger partial charge in [-0.1, -0.05) is 6.07 Å². The number of alkyl halides is 8. The molecule has 14 heteroatoms. The van der Waals surface area contributed by atoms with Crippen molar-refractivity contribution in [2.24, 2.45) is 11.8 Å². The zero-order chi connectivity index (χ0) is 26.3. The summed E-state index contributed by atoms with van der Waals surface area (Å²) in [7, 11) is 0. The average molecular weight is 531 g/mol. The van der Waals surface area contributed by atoms with E-state index in [2.05, 4.69) is 4.74 Å². The lowest BCUT2D eigenvalue weighted by molar-refractivity contribution is -0.308. The maximum Gasteiger partial charge on any atom is 0.434 e. The van der Waals surface area contributed by atoms with E-state index in [1.807, 2.05) is 9.80 Å². The number of carbonyl (C=O) groups is 1. The molecule has 36 heavy (non-hydrogen) atoms. The van der Waals surface area contributed by atoms with Crippen LogP contribution in [0.4, 0.5) is 45.6 Å². The number of halogens is 8. The molecule has 3 fully saturated rings. The van der Waals surface area contributed by atoms with Crippen LogP contribution in [-0.4, -0.2) is 86.8 Å². The lowest BCUT2D eigenvalue weighted by Crippen LogP contribution is -2.48. The number of carbonyl (C=O) groups excluding carboxylic acids is 1. The van der Waals surface area contributed by atoms with Crippen molar-refractivity contribution in [2.45, 2.75) is 31.4 Å². The minimum atomic E-state index is -5.78. The fourth-order valence-corrected chi connectivity index (χ4v) is 5.05. The molecule has 2 unspecified atom stereocenters. The van der Waals surface area contributed by atoms with Crippen LogP contribution in [0.1, 0.15) is 17.6 Å². The Labute approximate surface area is 201 Å². The van der Waals surface area contributed by atoms with Crippen molar-refractivity contribution in [3.05, 3.63) is 29.3 Å². The highest BCUT2D eigenvalue weighted by Gasteiger charge is 2.60. The molecule has 2 atom stereocenters. The molecule has 0 aliphatic carbocycles. The lowest BCUT2D eigenvalue weighted by atomic mass is 10.0. The highest BCUT2D eigenvalue weighted by Crippen LogP contribution is 2.38. The maximum atomic E-state index is 13.8. The summed E-state index contributed by atoms with van der Waals surface area (Å²) in [5, 5.41) is 0. The monoisotopic (exact) mass is 531 g/mol. The van der Waals surface area contributed by atoms with E-state index in [1.54, 1.807) is 12.1 Å². The second kappa shape index (κ2) is 10.2. The fourth-order valence-electron chi connectivity index (χ4n) is 5.05. The number of hydrogen-bond donors (Lipinski definition) is 0. The van der Waals surface area contributed by atoms with E-state index in [0.717, 1.165) is 4.90 Å². The zero-order valence-corrected chi connectivity index (χ0v) is 19.0. The van der Waals surface area contributed by atoms with Gasteiger partial charge in [-0.25, -0.2) is 13.6 Å². The van der Waals surface area contributed by atoms with Gasteiger partial charge < -0.3 is 19.3 Å². The third-order valence-electron chi connectivity index (χ3n) is 6.77. The fraction of sp³-hybridized carbons (Fsp3) is 0.682. The average Bonchev–Trinajstić information content (AvgIpc) is 3.35. The Morgan fingerprint density at radius 3 is 2.08 bits per heavy atom. The van der Waals surface area contributed by atoms with Crippen LogP contribution in [-0.2, 0) is 16.0 Å². The molecule has 0 aromatic heterocycles. The van der Waals surface area contributed by atoms with Crippen LogP contribution in [0.3, 0.4) is 0 Å². The van der Waals surface area contributed by atoms with Crippen LogP contribution in [0, 0.1) is 11.8 Å². The Morgan fingerprint density at radius 1 is 0.972 bits per heavy atom. The van der Waals surface area contributed by atoms with Gasteiger partial charge in [-0.15, -0.1) is 0 Å². The molecule has 1 amide bonds. The van der Waals surface area contributed by atoms with Crippen molar-refractivity contribution in [1.29, 1.82) is 0 Å². The zero-order valence-electron chi connectivity index (χ0n) is 19.0. The molecule has 0 N–H and O–H groups in total. The number of rotatable bonds is 5. The number of fused-ring (bicyclic) bond motifs is 1. The highest BCUT2D eigenvalue weighted by atomic mass is 19.4. The Morgan fingerprint density at radius 2 is 1.56 bits per heavy atom. The Bertz CT molecular complexity index is 908. The van der Waals surface area contributed by atoms with Gasteiger partial charge in [-0.3, -0.25) is 4.90 Å². The van der Waals surface area contributed by atoms with Crippen molar-refractivity contribution in [3.8, 4) is 0 Å². The normalized spacial score (nSPS) is 23.6. The SMILES string of the molecule is O=C(OC(C(F)(F)F)C(F)(F)F)N1CC2CN(Cc3ccc(N4CCOCC4)cc3C(F)F)CC2C1. The summed E-state index contributed by atoms with van der Waals surface area (Å²) in [6, 6.07) is 4.90. The summed E-state index contributed by atoms with van der Waals surface area (Å²) in [5.41, 5.74) is 1.03. The second-order valence-corrected chi connectivity index (χ2v) is 9.25. The number of benzene rings is 1. The largest absolute Gasteiger partial charge is 0.434 e. The van der Waals surface area contributed by atoms with Crippen LogP contribution < -0.4 is 4.90 Å². The Balaban J connectivity index is 1.35. The quantitative estimate of drug-likeness (QED) is 0.526. The number of likely N-dealkylation sites (tertiary alicyclic amines) is 2. The van der Waals surface area contributed by atoms with Crippen molar-refractivity contribution < 1.29 is 49.4 Å². The van der Waals surface area contributed by atoms with E-state index in [0.29, 0.717) is 50.6 Å². The van der Waals surface area contributed by atoms with Crippen molar-refractivity contribution >= 4 is 11.8 Å². The minimum absolute atomic E-state index is 0.0693. The molecule has 0 radical (unpaired) electrons. The van der Waals surface area contributed by atoms with Crippen molar-refractivity contribution in [2.75, 3.05) is 57.4 Å². The molecule has 0 spiro atoms. The van der Waals surface area contributed by atoms with E-state index in [1.165, 1.54) is 6.07 Å². The Kier molecular flexibility index (Phi) is 7.56. The number of morpholine rings is 1. The van der Waals surface area contributed by atoms with Crippen molar-refractivity contribution in [3.63, 3.8) is 0 Å². The third kappa shape index (κ3) is 5.96. The van der Waals surface area contributed by atoms with Crippen molar-refractivity contribution in [1.82, 2.24) is 9.80 Å². The number of nitrogens with zero attached hydrogens (tertiary/aromatic N) is 3. The topological polar surface area (TPSA) is 45.2 Å². The van der Waals surface area contributed by atoms with E-state index in [-0.39, 0.29) is 37.0 Å². The summed E-state index contributed by atoms with van der Waals surface area (Å²) < 4.78 is 113. The van der Waals surface area contributed by atoms with Crippen LogP contribution in [0.2, 0.25) is 0 Å². The molecule has 1 aromatic carbocycles. The van der Waals surface area contributed by atoms with Crippen LogP contribution in [0.5, 0.6) is 0 Å². The molecule has 1 aromatic rings. The van der Waals surface area contributed by atoms with Gasteiger partial charge in [0.1, 0.15) is 0 Å². The predicted molar refractivity (Wildman–Crippen MR) is 111 cm³/mol. The van der Waals surface area contributed by atoms with Gasteiger partial charge >= 0.3 is 18.4 Å². The van der Waals surface area contributed by atoms with E-state index in [4.69, 9.17) is 4.74 Å². The summed E-state index contributed by atoms with van der Waals surface area (Å²) in [6.07, 6.45) is -20.1. The van der Waals surface area contributed by atoms with E-state index >= 15 is 0 Å². The van der Waals surface area contributed by atoms with Gasteiger partial charge in [-0.2, -0.15) is 26.3 Å². The smallest absolute Gasteiger partial charge is 0.426 e. The molecule has 3 saturated heterocycles. The number of amides is 1. The van der Waals surface area contributed by atoms with Gasteiger partial charge in [0.05, 0.1) is 13.2 Å². The summed E-state index contributed by atoms with van der Waals surface area (Å²) in [5.74, 6) is -0.425. The predicted octanol–water partition coefficient (Wildman–Crippen LogP) is 4.45. The molecular formula is C22H25F8N3O3. The lowest BCUT2D eigenvalue weighted by Gasteiger charge is -2.30. The molecule has 3 heterocycles. The van der Waals surface area contributed by atoms with Gasteiger partial charge in [0.2, 0.25) is 0 Å². The number of anilines is 1.